The molecule has 0 spiro atoms. The summed E-state index contributed by atoms with van der Waals surface area (Å²) >= 11 is 6.46. The van der Waals surface area contributed by atoms with Gasteiger partial charge in [0.25, 0.3) is 0 Å². The Labute approximate surface area is 132 Å². The van der Waals surface area contributed by atoms with Gasteiger partial charge in [-0.05, 0) is 29.2 Å². The standard InChI is InChI=1S/C19H23ClO/c1-13(2)15-11-10-14(12-17(15)20)19(3,4)16-8-6-7-9-18(16)21-5/h6-13H,1-5H3. The molecule has 0 atom stereocenters. The second-order valence-corrected chi connectivity index (χ2v) is 6.62. The Hall–Kier alpha value is -1.47. The first-order valence-electron chi connectivity index (χ1n) is 7.31. The minimum atomic E-state index is -0.161. The smallest absolute Gasteiger partial charge is 0.122 e. The zero-order valence-corrected chi connectivity index (χ0v) is 14.2. The average Bonchev–Trinajstić information content (AvgIpc) is 2.46. The SMILES string of the molecule is COc1ccccc1C(C)(C)c1ccc(C(C)C)c(Cl)c1. The quantitative estimate of drug-likeness (QED) is 0.693. The third kappa shape index (κ3) is 3.08. The predicted molar refractivity (Wildman–Crippen MR) is 90.7 cm³/mol. The van der Waals surface area contributed by atoms with E-state index < -0.39 is 0 Å². The van der Waals surface area contributed by atoms with Gasteiger partial charge in [-0.2, -0.15) is 0 Å². The number of para-hydroxylation sites is 1. The van der Waals surface area contributed by atoms with E-state index in [2.05, 4.69) is 52.0 Å². The van der Waals surface area contributed by atoms with Gasteiger partial charge < -0.3 is 4.74 Å². The maximum Gasteiger partial charge on any atom is 0.122 e. The molecule has 0 heterocycles. The van der Waals surface area contributed by atoms with Gasteiger partial charge in [0, 0.05) is 16.0 Å². The molecule has 0 fully saturated rings. The topological polar surface area (TPSA) is 9.23 Å². The number of hydrogen-bond donors (Lipinski definition) is 0. The Kier molecular flexibility index (Phi) is 4.63. The predicted octanol–water partition coefficient (Wildman–Crippen LogP) is 5.80. The summed E-state index contributed by atoms with van der Waals surface area (Å²) in [5.41, 5.74) is 3.39. The minimum absolute atomic E-state index is 0.161. The number of ether oxygens (including phenoxy) is 1. The van der Waals surface area contributed by atoms with Crippen molar-refractivity contribution in [3.8, 4) is 5.75 Å². The molecule has 0 amide bonds. The van der Waals surface area contributed by atoms with Gasteiger partial charge in [-0.3, -0.25) is 0 Å². The van der Waals surface area contributed by atoms with Gasteiger partial charge in [0.05, 0.1) is 7.11 Å². The Morgan fingerprint density at radius 3 is 2.29 bits per heavy atom. The van der Waals surface area contributed by atoms with E-state index in [0.717, 1.165) is 10.8 Å². The summed E-state index contributed by atoms with van der Waals surface area (Å²) in [5.74, 6) is 1.34. The number of hydrogen-bond acceptors (Lipinski definition) is 1. The summed E-state index contributed by atoms with van der Waals surface area (Å²) in [4.78, 5) is 0. The van der Waals surface area contributed by atoms with Crippen LogP contribution >= 0.6 is 11.6 Å². The van der Waals surface area contributed by atoms with Crippen LogP contribution in [0.2, 0.25) is 5.02 Å². The summed E-state index contributed by atoms with van der Waals surface area (Å²) < 4.78 is 5.51. The summed E-state index contributed by atoms with van der Waals surface area (Å²) in [6.45, 7) is 8.72. The van der Waals surface area contributed by atoms with Crippen molar-refractivity contribution in [2.75, 3.05) is 7.11 Å². The van der Waals surface area contributed by atoms with E-state index in [4.69, 9.17) is 16.3 Å². The average molecular weight is 303 g/mol. The second kappa shape index (κ2) is 6.11. The highest BCUT2D eigenvalue weighted by Crippen LogP contribution is 2.39. The summed E-state index contributed by atoms with van der Waals surface area (Å²) in [5, 5.41) is 0.838. The molecule has 0 unspecified atom stereocenters. The molecule has 0 N–H and O–H groups in total. The van der Waals surface area contributed by atoms with Gasteiger partial charge in [0.15, 0.2) is 0 Å². The monoisotopic (exact) mass is 302 g/mol. The lowest BCUT2D eigenvalue weighted by atomic mass is 9.77. The zero-order valence-electron chi connectivity index (χ0n) is 13.4. The molecule has 21 heavy (non-hydrogen) atoms. The van der Waals surface area contributed by atoms with Crippen LogP contribution in [0.25, 0.3) is 0 Å². The van der Waals surface area contributed by atoms with Gasteiger partial charge in [-0.25, -0.2) is 0 Å². The normalized spacial score (nSPS) is 11.8. The number of methoxy groups -OCH3 is 1. The molecule has 0 bridgehead atoms. The number of rotatable bonds is 4. The van der Waals surface area contributed by atoms with E-state index in [0.29, 0.717) is 5.92 Å². The van der Waals surface area contributed by atoms with E-state index in [1.54, 1.807) is 7.11 Å². The molecule has 0 aliphatic rings. The first-order valence-corrected chi connectivity index (χ1v) is 7.69. The van der Waals surface area contributed by atoms with Crippen molar-refractivity contribution in [1.82, 2.24) is 0 Å². The van der Waals surface area contributed by atoms with Gasteiger partial charge in [-0.1, -0.05) is 69.6 Å². The maximum atomic E-state index is 6.46. The second-order valence-electron chi connectivity index (χ2n) is 6.22. The molecular weight excluding hydrogens is 280 g/mol. The van der Waals surface area contributed by atoms with Crippen LogP contribution in [0, 0.1) is 0 Å². The van der Waals surface area contributed by atoms with E-state index in [-0.39, 0.29) is 5.41 Å². The van der Waals surface area contributed by atoms with Crippen LogP contribution in [0.1, 0.15) is 50.3 Å². The summed E-state index contributed by atoms with van der Waals surface area (Å²) in [6, 6.07) is 14.6. The van der Waals surface area contributed by atoms with E-state index >= 15 is 0 Å². The van der Waals surface area contributed by atoms with Gasteiger partial charge in [0.2, 0.25) is 0 Å². The van der Waals surface area contributed by atoms with Crippen molar-refractivity contribution in [1.29, 1.82) is 0 Å². The number of halogens is 1. The molecule has 2 rings (SSSR count). The van der Waals surface area contributed by atoms with Crippen molar-refractivity contribution in [3.63, 3.8) is 0 Å². The molecule has 0 radical (unpaired) electrons. The van der Waals surface area contributed by atoms with Crippen LogP contribution in [0.5, 0.6) is 5.75 Å². The van der Waals surface area contributed by atoms with Gasteiger partial charge in [-0.15, -0.1) is 0 Å². The van der Waals surface area contributed by atoms with E-state index in [9.17, 15) is 0 Å². The van der Waals surface area contributed by atoms with Crippen LogP contribution in [0.15, 0.2) is 42.5 Å². The van der Waals surface area contributed by atoms with Crippen LogP contribution in [0.3, 0.4) is 0 Å². The maximum absolute atomic E-state index is 6.46. The highest BCUT2D eigenvalue weighted by atomic mass is 35.5. The molecule has 0 saturated carbocycles. The molecule has 2 aromatic carbocycles. The first-order chi connectivity index (χ1) is 9.87. The Bertz CT molecular complexity index is 629. The molecule has 0 aliphatic heterocycles. The molecule has 0 saturated heterocycles. The molecule has 1 nitrogen and oxygen atoms in total. The lowest BCUT2D eigenvalue weighted by Crippen LogP contribution is -2.20. The number of benzene rings is 2. The van der Waals surface area contributed by atoms with Crippen molar-refractivity contribution in [3.05, 3.63) is 64.2 Å². The summed E-state index contributed by atoms with van der Waals surface area (Å²) in [6.07, 6.45) is 0. The highest BCUT2D eigenvalue weighted by molar-refractivity contribution is 6.31. The Balaban J connectivity index is 2.51. The lowest BCUT2D eigenvalue weighted by Gasteiger charge is -2.28. The molecular formula is C19H23ClO. The van der Waals surface area contributed by atoms with E-state index in [1.807, 2.05) is 18.2 Å². The van der Waals surface area contributed by atoms with Crippen molar-refractivity contribution in [2.24, 2.45) is 0 Å². The molecule has 0 aliphatic carbocycles. The molecule has 0 aromatic heterocycles. The zero-order chi connectivity index (χ0) is 15.6. The van der Waals surface area contributed by atoms with Crippen LogP contribution < -0.4 is 4.74 Å². The van der Waals surface area contributed by atoms with Crippen LogP contribution in [0.4, 0.5) is 0 Å². The summed E-state index contributed by atoms with van der Waals surface area (Å²) in [7, 11) is 1.71. The van der Waals surface area contributed by atoms with Gasteiger partial charge >= 0.3 is 0 Å². The highest BCUT2D eigenvalue weighted by Gasteiger charge is 2.27. The fourth-order valence-electron chi connectivity index (χ4n) is 2.70. The van der Waals surface area contributed by atoms with Crippen LogP contribution in [-0.4, -0.2) is 7.11 Å². The largest absolute Gasteiger partial charge is 0.496 e. The van der Waals surface area contributed by atoms with Gasteiger partial charge in [0.1, 0.15) is 5.75 Å². The molecule has 2 heteroatoms. The third-order valence-electron chi connectivity index (χ3n) is 4.12. The van der Waals surface area contributed by atoms with E-state index in [1.165, 1.54) is 16.7 Å². The third-order valence-corrected chi connectivity index (χ3v) is 4.45. The molecule has 2 aromatic rings. The van der Waals surface area contributed by atoms with Crippen molar-refractivity contribution in [2.45, 2.75) is 39.0 Å². The fraction of sp³-hybridized carbons (Fsp3) is 0.368. The fourth-order valence-corrected chi connectivity index (χ4v) is 3.10. The Morgan fingerprint density at radius 2 is 1.71 bits per heavy atom. The van der Waals surface area contributed by atoms with Crippen molar-refractivity contribution >= 4 is 11.6 Å². The van der Waals surface area contributed by atoms with Crippen LogP contribution in [-0.2, 0) is 5.41 Å². The van der Waals surface area contributed by atoms with Crippen molar-refractivity contribution < 1.29 is 4.74 Å². The lowest BCUT2D eigenvalue weighted by molar-refractivity contribution is 0.401. The first kappa shape index (κ1) is 15.9. The molecule has 112 valence electrons. The minimum Gasteiger partial charge on any atom is -0.496 e. The Morgan fingerprint density at radius 1 is 1.05 bits per heavy atom.